The fraction of sp³-hybridized carbons (Fsp3) is 0.667. The van der Waals surface area contributed by atoms with Gasteiger partial charge in [0.15, 0.2) is 0 Å². The van der Waals surface area contributed by atoms with E-state index in [1.807, 2.05) is 33.3 Å². The topological polar surface area (TPSA) is 55.3 Å². The minimum atomic E-state index is 0.505. The standard InChI is InChI=1S/C15H27N3.C13H21N3.C2H6/c1-6-18(11-14(16-5)12(2)3)15-9-7-8-13(4)10-17-15;1-3-12-10-16(8-7-14-12)13-6-4-5-11(2)9-15-13;1-2/h7-8,10,12,14,16H,6,9,11H2,1-5H3;4-5,9,12,14H,3,6-8,10H2,1-2H3;1-2H3. The summed E-state index contributed by atoms with van der Waals surface area (Å²) in [6, 6.07) is 1.12. The van der Waals surface area contributed by atoms with Gasteiger partial charge in [-0.3, -0.25) is 0 Å². The molecule has 0 aromatic heterocycles. The summed E-state index contributed by atoms with van der Waals surface area (Å²) in [5, 5.41) is 6.93. The number of allylic oxidation sites excluding steroid dienone is 4. The number of aliphatic imine (C=N–C) groups is 2. The number of hydrogen-bond donors (Lipinski definition) is 2. The third-order valence-electron chi connectivity index (χ3n) is 6.65. The highest BCUT2D eigenvalue weighted by atomic mass is 15.2. The Labute approximate surface area is 222 Å². The first-order valence-corrected chi connectivity index (χ1v) is 14.1. The molecule has 3 aliphatic heterocycles. The van der Waals surface area contributed by atoms with Crippen molar-refractivity contribution in [2.75, 3.05) is 39.8 Å². The van der Waals surface area contributed by atoms with Gasteiger partial charge in [0.2, 0.25) is 0 Å². The van der Waals surface area contributed by atoms with Crippen molar-refractivity contribution in [2.24, 2.45) is 15.9 Å². The SMILES string of the molecule is CC.CCC1CN(C2=NC=C(C)C=CC2)CCN1.CCN(CC(NC)C(C)C)C1=NC=C(C)C=CC1. The normalized spacial score (nSPS) is 20.4. The van der Waals surface area contributed by atoms with Crippen LogP contribution in [-0.2, 0) is 0 Å². The summed E-state index contributed by atoms with van der Waals surface area (Å²) in [7, 11) is 2.04. The van der Waals surface area contributed by atoms with Crippen LogP contribution in [0.15, 0.2) is 57.8 Å². The maximum atomic E-state index is 4.61. The second-order valence-corrected chi connectivity index (χ2v) is 9.73. The van der Waals surface area contributed by atoms with E-state index < -0.39 is 0 Å². The molecule has 0 saturated carbocycles. The van der Waals surface area contributed by atoms with E-state index >= 15 is 0 Å². The molecule has 0 bridgehead atoms. The third kappa shape index (κ3) is 11.3. The Bertz CT molecular complexity index is 802. The molecule has 3 rings (SSSR count). The van der Waals surface area contributed by atoms with Crippen molar-refractivity contribution in [1.82, 2.24) is 20.4 Å². The highest BCUT2D eigenvalue weighted by Gasteiger charge is 2.20. The van der Waals surface area contributed by atoms with E-state index in [0.29, 0.717) is 18.0 Å². The summed E-state index contributed by atoms with van der Waals surface area (Å²) < 4.78 is 0. The van der Waals surface area contributed by atoms with E-state index in [9.17, 15) is 0 Å². The molecular weight excluding hydrogens is 444 g/mol. The summed E-state index contributed by atoms with van der Waals surface area (Å²) in [5.41, 5.74) is 2.45. The van der Waals surface area contributed by atoms with Gasteiger partial charge in [-0.1, -0.05) is 58.9 Å². The Morgan fingerprint density at radius 2 is 1.69 bits per heavy atom. The molecule has 2 atom stereocenters. The van der Waals surface area contributed by atoms with Crippen molar-refractivity contribution >= 4 is 11.7 Å². The van der Waals surface area contributed by atoms with E-state index in [4.69, 9.17) is 0 Å². The molecule has 3 heterocycles. The average molecular weight is 499 g/mol. The lowest BCUT2D eigenvalue weighted by Gasteiger charge is -2.35. The molecule has 1 fully saturated rings. The number of nitrogens with one attached hydrogen (secondary N) is 2. The van der Waals surface area contributed by atoms with Gasteiger partial charge >= 0.3 is 0 Å². The molecule has 36 heavy (non-hydrogen) atoms. The summed E-state index contributed by atoms with van der Waals surface area (Å²) in [6.45, 7) is 22.4. The fourth-order valence-corrected chi connectivity index (χ4v) is 4.29. The average Bonchev–Trinajstić information content (AvgIpc) is 3.26. The maximum absolute atomic E-state index is 4.61. The van der Waals surface area contributed by atoms with Crippen molar-refractivity contribution in [3.63, 3.8) is 0 Å². The van der Waals surface area contributed by atoms with Crippen molar-refractivity contribution in [2.45, 2.75) is 86.7 Å². The van der Waals surface area contributed by atoms with Crippen LogP contribution in [0.25, 0.3) is 0 Å². The molecule has 2 unspecified atom stereocenters. The van der Waals surface area contributed by atoms with E-state index in [1.165, 1.54) is 29.2 Å². The Kier molecular flexibility index (Phi) is 16.0. The minimum Gasteiger partial charge on any atom is -0.359 e. The highest BCUT2D eigenvalue weighted by Crippen LogP contribution is 2.12. The number of piperazine rings is 1. The first-order valence-electron chi connectivity index (χ1n) is 14.1. The Balaban J connectivity index is 0.000000338. The number of hydrogen-bond acceptors (Lipinski definition) is 6. The Morgan fingerprint density at radius 3 is 2.28 bits per heavy atom. The number of nitrogens with zero attached hydrogens (tertiary/aromatic N) is 4. The first kappa shape index (κ1) is 31.8. The zero-order chi connectivity index (χ0) is 26.9. The van der Waals surface area contributed by atoms with Gasteiger partial charge in [0.1, 0.15) is 11.7 Å². The predicted molar refractivity (Wildman–Crippen MR) is 160 cm³/mol. The zero-order valence-electron chi connectivity index (χ0n) is 24.6. The van der Waals surface area contributed by atoms with Crippen LogP contribution in [0, 0.1) is 5.92 Å². The van der Waals surface area contributed by atoms with Crippen LogP contribution >= 0.6 is 0 Å². The van der Waals surface area contributed by atoms with Crippen molar-refractivity contribution in [3.8, 4) is 0 Å². The van der Waals surface area contributed by atoms with Gasteiger partial charge in [-0.05, 0) is 51.3 Å². The third-order valence-corrected chi connectivity index (χ3v) is 6.65. The van der Waals surface area contributed by atoms with Crippen LogP contribution in [-0.4, -0.2) is 73.3 Å². The number of likely N-dealkylation sites (N-methyl/N-ethyl adjacent to an activating group) is 2. The lowest BCUT2D eigenvalue weighted by molar-refractivity contribution is 0.284. The van der Waals surface area contributed by atoms with Crippen LogP contribution in [0.4, 0.5) is 0 Å². The largest absolute Gasteiger partial charge is 0.359 e. The molecule has 0 aliphatic carbocycles. The van der Waals surface area contributed by atoms with E-state index in [-0.39, 0.29) is 0 Å². The molecule has 6 nitrogen and oxygen atoms in total. The van der Waals surface area contributed by atoms with Gasteiger partial charge in [-0.15, -0.1) is 0 Å². The van der Waals surface area contributed by atoms with E-state index in [1.54, 1.807) is 0 Å². The Morgan fingerprint density at radius 1 is 1.06 bits per heavy atom. The van der Waals surface area contributed by atoms with Gasteiger partial charge in [0, 0.05) is 70.0 Å². The predicted octanol–water partition coefficient (Wildman–Crippen LogP) is 5.77. The van der Waals surface area contributed by atoms with Crippen LogP contribution in [0.3, 0.4) is 0 Å². The summed E-state index contributed by atoms with van der Waals surface area (Å²) >= 11 is 0. The molecule has 0 aromatic carbocycles. The zero-order valence-corrected chi connectivity index (χ0v) is 24.6. The van der Waals surface area contributed by atoms with Gasteiger partial charge < -0.3 is 20.4 Å². The molecule has 0 spiro atoms. The van der Waals surface area contributed by atoms with Gasteiger partial charge in [0.25, 0.3) is 0 Å². The molecule has 1 saturated heterocycles. The van der Waals surface area contributed by atoms with Crippen LogP contribution in [0.2, 0.25) is 0 Å². The van der Waals surface area contributed by atoms with E-state index in [2.05, 4.69) is 96.3 Å². The molecule has 0 radical (unpaired) electrons. The van der Waals surface area contributed by atoms with Crippen LogP contribution in [0.5, 0.6) is 0 Å². The van der Waals surface area contributed by atoms with Gasteiger partial charge in [0.05, 0.1) is 0 Å². The van der Waals surface area contributed by atoms with Crippen LogP contribution in [0.1, 0.15) is 74.7 Å². The van der Waals surface area contributed by atoms with Crippen molar-refractivity contribution in [1.29, 1.82) is 0 Å². The quantitative estimate of drug-likeness (QED) is 0.488. The molecular formula is C30H54N6. The molecule has 204 valence electrons. The smallest absolute Gasteiger partial charge is 0.108 e. The molecule has 0 amide bonds. The van der Waals surface area contributed by atoms with Crippen LogP contribution < -0.4 is 10.6 Å². The fourth-order valence-electron chi connectivity index (χ4n) is 4.29. The van der Waals surface area contributed by atoms with Gasteiger partial charge in [-0.2, -0.15) is 0 Å². The van der Waals surface area contributed by atoms with Gasteiger partial charge in [-0.25, -0.2) is 9.98 Å². The summed E-state index contributed by atoms with van der Waals surface area (Å²) in [4.78, 5) is 14.0. The molecule has 0 aromatic rings. The maximum Gasteiger partial charge on any atom is 0.108 e. The minimum absolute atomic E-state index is 0.505. The Hall–Kier alpha value is -2.18. The van der Waals surface area contributed by atoms with E-state index in [0.717, 1.165) is 45.6 Å². The molecule has 6 heteroatoms. The monoisotopic (exact) mass is 498 g/mol. The lowest BCUT2D eigenvalue weighted by Crippen LogP contribution is -2.52. The number of amidine groups is 2. The number of rotatable bonds is 6. The van der Waals surface area contributed by atoms with Crippen molar-refractivity contribution < 1.29 is 0 Å². The highest BCUT2D eigenvalue weighted by molar-refractivity contribution is 5.85. The second-order valence-electron chi connectivity index (χ2n) is 9.73. The lowest BCUT2D eigenvalue weighted by atomic mass is 10.0. The summed E-state index contributed by atoms with van der Waals surface area (Å²) in [5.74, 6) is 3.02. The molecule has 3 aliphatic rings. The molecule has 2 N–H and O–H groups in total. The second kappa shape index (κ2) is 18.1. The first-order chi connectivity index (χ1) is 17.4. The van der Waals surface area contributed by atoms with Crippen molar-refractivity contribution in [3.05, 3.63) is 47.9 Å². The summed E-state index contributed by atoms with van der Waals surface area (Å²) in [6.07, 6.45) is 15.7.